The fraction of sp³-hybridized carbons (Fsp3) is 0.846. The van der Waals surface area contributed by atoms with Crippen molar-refractivity contribution in [2.75, 3.05) is 6.54 Å². The van der Waals surface area contributed by atoms with E-state index in [0.717, 1.165) is 6.42 Å². The maximum absolute atomic E-state index is 11.6. The molecule has 2 amide bonds. The van der Waals surface area contributed by atoms with Crippen LogP contribution in [0.4, 0.5) is 4.79 Å². The minimum atomic E-state index is -0.756. The zero-order chi connectivity index (χ0) is 13.7. The maximum atomic E-state index is 11.6. The lowest BCUT2D eigenvalue weighted by atomic mass is 9.98. The Bertz CT molecular complexity index is 305. The second kappa shape index (κ2) is 6.61. The van der Waals surface area contributed by atoms with Crippen molar-refractivity contribution in [3.05, 3.63) is 0 Å². The first kappa shape index (κ1) is 14.8. The molecule has 104 valence electrons. The van der Waals surface area contributed by atoms with Crippen LogP contribution in [-0.4, -0.2) is 29.7 Å². The number of amides is 2. The molecule has 1 aliphatic carbocycles. The number of hydrogen-bond donors (Lipinski definition) is 3. The third-order valence-electron chi connectivity index (χ3n) is 3.84. The fourth-order valence-electron chi connectivity index (χ4n) is 2.06. The molecule has 0 aliphatic heterocycles. The van der Waals surface area contributed by atoms with Gasteiger partial charge in [-0.3, -0.25) is 4.79 Å². The molecule has 1 aliphatic rings. The molecule has 3 unspecified atom stereocenters. The largest absolute Gasteiger partial charge is 0.481 e. The quantitative estimate of drug-likeness (QED) is 0.702. The Morgan fingerprint density at radius 1 is 1.28 bits per heavy atom. The molecule has 0 bridgehead atoms. The number of carboxylic acids is 1. The third-order valence-corrected chi connectivity index (χ3v) is 3.84. The molecule has 0 aromatic heterocycles. The van der Waals surface area contributed by atoms with Gasteiger partial charge in [0.05, 0.1) is 5.92 Å². The highest BCUT2D eigenvalue weighted by atomic mass is 16.4. The molecule has 0 radical (unpaired) electrons. The van der Waals surface area contributed by atoms with Crippen molar-refractivity contribution in [3.8, 4) is 0 Å². The molecule has 1 rings (SSSR count). The number of carboxylic acid groups (broad SMARTS) is 1. The summed E-state index contributed by atoms with van der Waals surface area (Å²) in [5.41, 5.74) is 0. The number of nitrogens with one attached hydrogen (secondary N) is 2. The second-order valence-electron chi connectivity index (χ2n) is 5.62. The molecule has 0 aromatic rings. The van der Waals surface area contributed by atoms with Crippen LogP contribution in [0.25, 0.3) is 0 Å². The van der Waals surface area contributed by atoms with E-state index in [4.69, 9.17) is 5.11 Å². The summed E-state index contributed by atoms with van der Waals surface area (Å²) in [6, 6.07) is -0.181. The summed E-state index contributed by atoms with van der Waals surface area (Å²) in [4.78, 5) is 22.4. The van der Waals surface area contributed by atoms with Crippen molar-refractivity contribution in [2.45, 2.75) is 46.1 Å². The lowest BCUT2D eigenvalue weighted by molar-refractivity contribution is -0.141. The van der Waals surface area contributed by atoms with E-state index in [0.29, 0.717) is 31.2 Å². The fourth-order valence-corrected chi connectivity index (χ4v) is 2.06. The molecule has 5 heteroatoms. The molecule has 3 atom stereocenters. The van der Waals surface area contributed by atoms with Crippen molar-refractivity contribution in [1.29, 1.82) is 0 Å². The van der Waals surface area contributed by atoms with Crippen molar-refractivity contribution in [1.82, 2.24) is 10.6 Å². The summed E-state index contributed by atoms with van der Waals surface area (Å²) >= 11 is 0. The van der Waals surface area contributed by atoms with E-state index in [1.807, 2.05) is 0 Å². The van der Waals surface area contributed by atoms with Crippen LogP contribution in [0.3, 0.4) is 0 Å². The van der Waals surface area contributed by atoms with Gasteiger partial charge in [-0.1, -0.05) is 20.8 Å². The molecule has 0 aromatic carbocycles. The van der Waals surface area contributed by atoms with E-state index in [-0.39, 0.29) is 18.0 Å². The third kappa shape index (κ3) is 4.55. The van der Waals surface area contributed by atoms with Gasteiger partial charge in [-0.2, -0.15) is 0 Å². The molecule has 1 saturated carbocycles. The summed E-state index contributed by atoms with van der Waals surface area (Å²) in [7, 11) is 0. The van der Waals surface area contributed by atoms with Crippen LogP contribution >= 0.6 is 0 Å². The van der Waals surface area contributed by atoms with Gasteiger partial charge >= 0.3 is 12.0 Å². The van der Waals surface area contributed by atoms with E-state index < -0.39 is 5.97 Å². The smallest absolute Gasteiger partial charge is 0.315 e. The number of urea groups is 1. The average molecular weight is 256 g/mol. The molecular formula is C13H24N2O3. The summed E-state index contributed by atoms with van der Waals surface area (Å²) in [5.74, 6) is -0.0858. The van der Waals surface area contributed by atoms with Gasteiger partial charge in [-0.25, -0.2) is 4.79 Å². The number of carbonyl (C=O) groups excluding carboxylic acids is 1. The van der Waals surface area contributed by atoms with E-state index in [1.165, 1.54) is 0 Å². The lowest BCUT2D eigenvalue weighted by Gasteiger charge is -2.18. The first-order valence-electron chi connectivity index (χ1n) is 6.67. The second-order valence-corrected chi connectivity index (χ2v) is 5.62. The minimum Gasteiger partial charge on any atom is -0.481 e. The Morgan fingerprint density at radius 2 is 1.94 bits per heavy atom. The van der Waals surface area contributed by atoms with Crippen LogP contribution in [0.5, 0.6) is 0 Å². The summed E-state index contributed by atoms with van der Waals surface area (Å²) in [6.45, 7) is 7.00. The van der Waals surface area contributed by atoms with E-state index in [9.17, 15) is 9.59 Å². The Labute approximate surface area is 108 Å². The lowest BCUT2D eigenvalue weighted by Crippen LogP contribution is -2.43. The zero-order valence-corrected chi connectivity index (χ0v) is 11.4. The van der Waals surface area contributed by atoms with Gasteiger partial charge in [0.1, 0.15) is 0 Å². The first-order valence-corrected chi connectivity index (χ1v) is 6.67. The molecule has 5 nitrogen and oxygen atoms in total. The van der Waals surface area contributed by atoms with Gasteiger partial charge in [-0.15, -0.1) is 0 Å². The molecule has 0 saturated heterocycles. The van der Waals surface area contributed by atoms with Gasteiger partial charge in [-0.05, 0) is 31.1 Å². The topological polar surface area (TPSA) is 78.4 Å². The van der Waals surface area contributed by atoms with Crippen molar-refractivity contribution >= 4 is 12.0 Å². The summed E-state index contributed by atoms with van der Waals surface area (Å²) < 4.78 is 0. The molecule has 3 N–H and O–H groups in total. The van der Waals surface area contributed by atoms with Crippen LogP contribution < -0.4 is 10.6 Å². The van der Waals surface area contributed by atoms with Crippen molar-refractivity contribution in [2.24, 2.45) is 17.8 Å². The highest BCUT2D eigenvalue weighted by Gasteiger charge is 2.30. The molecule has 1 fully saturated rings. The Hall–Kier alpha value is -1.26. The SMILES string of the molecule is CC(C)C(C)CNC(=O)NC1CCC(C(=O)O)C1. The average Bonchev–Trinajstić information content (AvgIpc) is 2.74. The molecule has 18 heavy (non-hydrogen) atoms. The maximum Gasteiger partial charge on any atom is 0.315 e. The van der Waals surface area contributed by atoms with Gasteiger partial charge in [0.25, 0.3) is 0 Å². The van der Waals surface area contributed by atoms with Crippen LogP contribution in [0, 0.1) is 17.8 Å². The highest BCUT2D eigenvalue weighted by molar-refractivity contribution is 5.75. The Balaban J connectivity index is 2.23. The van der Waals surface area contributed by atoms with E-state index in [1.54, 1.807) is 0 Å². The number of aliphatic carboxylic acids is 1. The van der Waals surface area contributed by atoms with Crippen LogP contribution in [-0.2, 0) is 4.79 Å². The van der Waals surface area contributed by atoms with Crippen LogP contribution in [0.15, 0.2) is 0 Å². The standard InChI is InChI=1S/C13H24N2O3/c1-8(2)9(3)7-14-13(18)15-11-5-4-10(6-11)12(16)17/h8-11H,4-7H2,1-3H3,(H,16,17)(H2,14,15,18). The van der Waals surface area contributed by atoms with Gasteiger partial charge < -0.3 is 15.7 Å². The molecule has 0 spiro atoms. The molecular weight excluding hydrogens is 232 g/mol. The predicted molar refractivity (Wildman–Crippen MR) is 69.3 cm³/mol. The van der Waals surface area contributed by atoms with Crippen molar-refractivity contribution < 1.29 is 14.7 Å². The first-order chi connectivity index (χ1) is 8.40. The Kier molecular flexibility index (Phi) is 5.44. The number of carbonyl (C=O) groups is 2. The Morgan fingerprint density at radius 3 is 2.44 bits per heavy atom. The zero-order valence-electron chi connectivity index (χ0n) is 11.4. The summed E-state index contributed by atoms with van der Waals surface area (Å²) in [6.07, 6.45) is 1.95. The number of rotatable bonds is 5. The van der Waals surface area contributed by atoms with Gasteiger partial charge in [0.15, 0.2) is 0 Å². The van der Waals surface area contributed by atoms with E-state index >= 15 is 0 Å². The summed E-state index contributed by atoms with van der Waals surface area (Å²) in [5, 5.41) is 14.6. The van der Waals surface area contributed by atoms with Gasteiger partial charge in [0.2, 0.25) is 0 Å². The van der Waals surface area contributed by atoms with E-state index in [2.05, 4.69) is 31.4 Å². The van der Waals surface area contributed by atoms with Crippen LogP contribution in [0.2, 0.25) is 0 Å². The normalized spacial score (nSPS) is 24.9. The van der Waals surface area contributed by atoms with Gasteiger partial charge in [0, 0.05) is 12.6 Å². The predicted octanol–water partition coefficient (Wildman–Crippen LogP) is 1.83. The van der Waals surface area contributed by atoms with Crippen LogP contribution in [0.1, 0.15) is 40.0 Å². The number of hydrogen-bond acceptors (Lipinski definition) is 2. The highest BCUT2D eigenvalue weighted by Crippen LogP contribution is 2.25. The monoisotopic (exact) mass is 256 g/mol. The molecule has 0 heterocycles. The van der Waals surface area contributed by atoms with Crippen molar-refractivity contribution in [3.63, 3.8) is 0 Å². The minimum absolute atomic E-state index is 0.000422.